The Hall–Kier alpha value is -3.28. The van der Waals surface area contributed by atoms with E-state index in [0.717, 1.165) is 19.3 Å². The van der Waals surface area contributed by atoms with Crippen LogP contribution in [0.2, 0.25) is 0 Å². The summed E-state index contributed by atoms with van der Waals surface area (Å²) in [6, 6.07) is 4.38. The number of rotatable bonds is 3. The van der Waals surface area contributed by atoms with E-state index in [2.05, 4.69) is 5.32 Å². The van der Waals surface area contributed by atoms with Gasteiger partial charge in [0, 0.05) is 29.9 Å². The molecule has 2 aliphatic heterocycles. The smallest absolute Gasteiger partial charge is 0.405 e. The first kappa shape index (κ1) is 18.7. The van der Waals surface area contributed by atoms with Gasteiger partial charge in [-0.2, -0.15) is 5.26 Å². The summed E-state index contributed by atoms with van der Waals surface area (Å²) in [5.41, 5.74) is -0.0413. The highest BCUT2D eigenvalue weighted by Gasteiger charge is 2.53. The minimum atomic E-state index is -1.03. The molecule has 0 unspecified atom stereocenters. The molecule has 0 spiro atoms. The maximum atomic E-state index is 15.3. The number of nitrogens with one attached hydrogen (secondary N) is 1. The van der Waals surface area contributed by atoms with Crippen LogP contribution in [0, 0.1) is 23.1 Å². The molecule has 3 aliphatic rings. The third-order valence-electron chi connectivity index (χ3n) is 6.66. The number of ether oxygens (including phenoxy) is 1. The molecular weight excluding hydrogens is 391 g/mol. The van der Waals surface area contributed by atoms with E-state index in [4.69, 9.17) is 9.84 Å². The highest BCUT2D eigenvalue weighted by Crippen LogP contribution is 2.49. The van der Waals surface area contributed by atoms with E-state index in [1.165, 1.54) is 16.7 Å². The molecule has 0 bridgehead atoms. The van der Waals surface area contributed by atoms with E-state index in [9.17, 15) is 14.9 Å². The Morgan fingerprint density at radius 1 is 1.43 bits per heavy atom. The summed E-state index contributed by atoms with van der Waals surface area (Å²) in [5, 5.41) is 21.6. The van der Waals surface area contributed by atoms with Crippen LogP contribution in [0.3, 0.4) is 0 Å². The van der Waals surface area contributed by atoms with E-state index in [-0.39, 0.29) is 24.1 Å². The average Bonchev–Trinajstić information content (AvgIpc) is 3.30. The number of anilines is 1. The fraction of sp³-hybridized carbons (Fsp3) is 0.476. The zero-order valence-electron chi connectivity index (χ0n) is 16.4. The van der Waals surface area contributed by atoms with Crippen molar-refractivity contribution in [2.75, 3.05) is 24.6 Å². The summed E-state index contributed by atoms with van der Waals surface area (Å²) in [5.74, 6) is -0.0687. The van der Waals surface area contributed by atoms with Crippen molar-refractivity contribution < 1.29 is 19.0 Å². The summed E-state index contributed by atoms with van der Waals surface area (Å²) < 4.78 is 22.7. The van der Waals surface area contributed by atoms with Crippen LogP contribution >= 0.6 is 0 Å². The van der Waals surface area contributed by atoms with Gasteiger partial charge in [0.25, 0.3) is 5.56 Å². The Morgan fingerprint density at radius 3 is 2.87 bits per heavy atom. The molecule has 2 aromatic rings. The first-order valence-corrected chi connectivity index (χ1v) is 10.1. The average molecular weight is 412 g/mol. The van der Waals surface area contributed by atoms with Gasteiger partial charge in [-0.25, -0.2) is 9.18 Å². The van der Waals surface area contributed by atoms with Crippen molar-refractivity contribution >= 4 is 22.7 Å². The van der Waals surface area contributed by atoms with Crippen LogP contribution in [0.5, 0.6) is 5.75 Å². The highest BCUT2D eigenvalue weighted by molar-refractivity contribution is 5.92. The third kappa shape index (κ3) is 2.63. The number of halogens is 1. The molecular formula is C21H21FN4O4. The third-order valence-corrected chi connectivity index (χ3v) is 6.66. The van der Waals surface area contributed by atoms with Crippen LogP contribution < -0.4 is 20.5 Å². The van der Waals surface area contributed by atoms with Gasteiger partial charge in [0.1, 0.15) is 23.9 Å². The Bertz CT molecular complexity index is 1180. The number of hydrogen-bond acceptors (Lipinski definition) is 5. The van der Waals surface area contributed by atoms with Gasteiger partial charge < -0.3 is 20.1 Å². The zero-order valence-corrected chi connectivity index (χ0v) is 16.4. The second kappa shape index (κ2) is 6.36. The number of nitrogens with zero attached hydrogens (tertiary/aromatic N) is 3. The number of carboxylic acid groups (broad SMARTS) is 1. The van der Waals surface area contributed by atoms with Gasteiger partial charge in [-0.1, -0.05) is 0 Å². The van der Waals surface area contributed by atoms with Crippen LogP contribution in [0.15, 0.2) is 16.9 Å². The van der Waals surface area contributed by atoms with Crippen molar-refractivity contribution in [3.05, 3.63) is 33.9 Å². The van der Waals surface area contributed by atoms with Gasteiger partial charge in [0.05, 0.1) is 11.6 Å². The molecule has 1 amide bonds. The number of nitriles is 1. The van der Waals surface area contributed by atoms with Gasteiger partial charge in [0.2, 0.25) is 0 Å². The summed E-state index contributed by atoms with van der Waals surface area (Å²) in [7, 11) is 0. The SMILES string of the molecule is C[C@H]1COc2c(N3CC[C@@H](C4(NC(=O)O)CC4)C3)c(F)cc3cc(C#N)c(=O)n1c23. The van der Waals surface area contributed by atoms with E-state index >= 15 is 4.39 Å². The van der Waals surface area contributed by atoms with Crippen molar-refractivity contribution in [2.45, 2.75) is 37.8 Å². The van der Waals surface area contributed by atoms with Crippen LogP contribution in [0.4, 0.5) is 14.9 Å². The Labute approximate surface area is 171 Å². The molecule has 0 radical (unpaired) electrons. The summed E-state index contributed by atoms with van der Waals surface area (Å²) in [6.07, 6.45) is 1.28. The van der Waals surface area contributed by atoms with Crippen LogP contribution in [-0.2, 0) is 0 Å². The number of carbonyl (C=O) groups is 1. The summed E-state index contributed by atoms with van der Waals surface area (Å²) >= 11 is 0. The van der Waals surface area contributed by atoms with Crippen LogP contribution in [0.25, 0.3) is 10.9 Å². The van der Waals surface area contributed by atoms with Gasteiger partial charge in [-0.15, -0.1) is 0 Å². The molecule has 1 aliphatic carbocycles. The molecule has 9 heteroatoms. The van der Waals surface area contributed by atoms with Crippen molar-refractivity contribution in [2.24, 2.45) is 5.92 Å². The van der Waals surface area contributed by atoms with Crippen molar-refractivity contribution in [1.82, 2.24) is 9.88 Å². The molecule has 30 heavy (non-hydrogen) atoms. The zero-order chi connectivity index (χ0) is 21.2. The van der Waals surface area contributed by atoms with Gasteiger partial charge in [0.15, 0.2) is 11.6 Å². The molecule has 1 saturated carbocycles. The van der Waals surface area contributed by atoms with Crippen LogP contribution in [-0.4, -0.2) is 41.0 Å². The van der Waals surface area contributed by atoms with Crippen molar-refractivity contribution in [3.8, 4) is 11.8 Å². The molecule has 156 valence electrons. The Morgan fingerprint density at radius 2 is 2.20 bits per heavy atom. The van der Waals surface area contributed by atoms with Crippen LogP contribution in [0.1, 0.15) is 37.8 Å². The van der Waals surface area contributed by atoms with E-state index in [1.807, 2.05) is 17.9 Å². The monoisotopic (exact) mass is 412 g/mol. The molecule has 1 aromatic heterocycles. The quantitative estimate of drug-likeness (QED) is 0.802. The number of hydrogen-bond donors (Lipinski definition) is 2. The molecule has 3 heterocycles. The highest BCUT2D eigenvalue weighted by atomic mass is 19.1. The molecule has 1 saturated heterocycles. The standard InChI is InChI=1S/C21H21FN4O4/c1-11-10-30-18-16-12(6-13(8-23)19(27)26(11)16)7-15(22)17(18)25-5-2-14(9-25)21(3-4-21)24-20(28)29/h6-7,11,14,24H,2-5,9-10H2,1H3,(H,28,29)/t11-,14+/m0/s1. The second-order valence-electron chi connectivity index (χ2n) is 8.50. The lowest BCUT2D eigenvalue weighted by atomic mass is 9.96. The predicted octanol–water partition coefficient (Wildman–Crippen LogP) is 2.59. The van der Waals surface area contributed by atoms with E-state index < -0.39 is 23.0 Å². The Balaban J connectivity index is 1.60. The maximum absolute atomic E-state index is 15.3. The minimum Gasteiger partial charge on any atom is -0.487 e. The number of aromatic nitrogens is 1. The minimum absolute atomic E-state index is 0.0222. The molecule has 2 atom stereocenters. The maximum Gasteiger partial charge on any atom is 0.405 e. The molecule has 2 fully saturated rings. The lowest BCUT2D eigenvalue weighted by Crippen LogP contribution is -2.43. The van der Waals surface area contributed by atoms with E-state index in [1.54, 1.807) is 0 Å². The first-order chi connectivity index (χ1) is 14.3. The number of benzene rings is 1. The summed E-state index contributed by atoms with van der Waals surface area (Å²) in [6.45, 7) is 3.11. The van der Waals surface area contributed by atoms with Gasteiger partial charge in [-0.3, -0.25) is 9.36 Å². The van der Waals surface area contributed by atoms with Gasteiger partial charge >= 0.3 is 6.09 Å². The van der Waals surface area contributed by atoms with Gasteiger partial charge in [-0.05, 0) is 38.3 Å². The molecule has 1 aromatic carbocycles. The molecule has 5 rings (SSSR count). The van der Waals surface area contributed by atoms with E-state index in [0.29, 0.717) is 35.4 Å². The van der Waals surface area contributed by atoms with Crippen molar-refractivity contribution in [1.29, 1.82) is 5.26 Å². The summed E-state index contributed by atoms with van der Waals surface area (Å²) in [4.78, 5) is 25.8. The number of amides is 1. The predicted molar refractivity (Wildman–Crippen MR) is 107 cm³/mol. The topological polar surface area (TPSA) is 108 Å². The molecule has 8 nitrogen and oxygen atoms in total. The fourth-order valence-electron chi connectivity index (χ4n) is 5.04. The second-order valence-corrected chi connectivity index (χ2v) is 8.50. The Kier molecular flexibility index (Phi) is 3.97. The molecule has 2 N–H and O–H groups in total. The fourth-order valence-corrected chi connectivity index (χ4v) is 5.04. The van der Waals surface area contributed by atoms with Crippen molar-refractivity contribution in [3.63, 3.8) is 0 Å². The normalized spacial score (nSPS) is 23.7. The lowest BCUT2D eigenvalue weighted by Gasteiger charge is -2.31. The number of pyridine rings is 1. The first-order valence-electron chi connectivity index (χ1n) is 10.1. The lowest BCUT2D eigenvalue weighted by molar-refractivity contribution is 0.182. The largest absolute Gasteiger partial charge is 0.487 e.